The van der Waals surface area contributed by atoms with E-state index in [1.54, 1.807) is 23.3 Å². The average Bonchev–Trinajstić information content (AvgIpc) is 3.56. The molecular formula is C22H26N6O. The third-order valence-electron chi connectivity index (χ3n) is 6.05. The van der Waals surface area contributed by atoms with Gasteiger partial charge in [0.15, 0.2) is 0 Å². The molecule has 0 bridgehead atoms. The van der Waals surface area contributed by atoms with E-state index in [0.29, 0.717) is 11.3 Å². The molecule has 0 amide bonds. The predicted molar refractivity (Wildman–Crippen MR) is 113 cm³/mol. The molecule has 29 heavy (non-hydrogen) atoms. The zero-order valence-electron chi connectivity index (χ0n) is 16.8. The van der Waals surface area contributed by atoms with Gasteiger partial charge in [-0.3, -0.25) is 24.2 Å². The Hall–Kier alpha value is -2.80. The van der Waals surface area contributed by atoms with Crippen molar-refractivity contribution in [2.45, 2.75) is 32.9 Å². The van der Waals surface area contributed by atoms with Crippen molar-refractivity contribution >= 4 is 16.6 Å². The van der Waals surface area contributed by atoms with Crippen molar-refractivity contribution in [3.05, 3.63) is 58.7 Å². The van der Waals surface area contributed by atoms with E-state index < -0.39 is 0 Å². The summed E-state index contributed by atoms with van der Waals surface area (Å²) < 4.78 is 1.77. The topological polar surface area (TPSA) is 67.2 Å². The first kappa shape index (κ1) is 18.2. The zero-order chi connectivity index (χ0) is 19.8. The maximum absolute atomic E-state index is 12.7. The van der Waals surface area contributed by atoms with Gasteiger partial charge in [0.2, 0.25) is 0 Å². The van der Waals surface area contributed by atoms with Gasteiger partial charge in [-0.2, -0.15) is 0 Å². The lowest BCUT2D eigenvalue weighted by molar-refractivity contribution is 0.246. The summed E-state index contributed by atoms with van der Waals surface area (Å²) in [5.41, 5.74) is 4.07. The standard InChI is InChI=1S/C22H26N6O/c1-16-21(24-7-6-23-16)14-26-8-10-27(11-9-26)18-4-5-19-20(12-18)25-15-28(22(19)29)13-17-2-3-17/h4-7,12,15,17H,2-3,8-11,13-14H2,1H3. The van der Waals surface area contributed by atoms with Gasteiger partial charge < -0.3 is 4.90 Å². The highest BCUT2D eigenvalue weighted by Crippen LogP contribution is 2.30. The Morgan fingerprint density at radius 1 is 1.03 bits per heavy atom. The Labute approximate surface area is 170 Å². The molecule has 3 aromatic rings. The van der Waals surface area contributed by atoms with Gasteiger partial charge in [0.1, 0.15) is 0 Å². The molecule has 0 N–H and O–H groups in total. The molecule has 3 heterocycles. The molecule has 1 aliphatic heterocycles. The van der Waals surface area contributed by atoms with Crippen molar-refractivity contribution in [2.24, 2.45) is 5.92 Å². The summed E-state index contributed by atoms with van der Waals surface area (Å²) >= 11 is 0. The third-order valence-corrected chi connectivity index (χ3v) is 6.05. The van der Waals surface area contributed by atoms with E-state index in [2.05, 4.69) is 36.9 Å². The SMILES string of the molecule is Cc1nccnc1CN1CCN(c2ccc3c(=O)n(CC4CC4)cnc3c2)CC1. The van der Waals surface area contributed by atoms with Crippen LogP contribution in [0.3, 0.4) is 0 Å². The van der Waals surface area contributed by atoms with E-state index in [0.717, 1.165) is 61.9 Å². The van der Waals surface area contributed by atoms with Crippen LogP contribution in [-0.4, -0.2) is 50.6 Å². The molecule has 5 rings (SSSR count). The smallest absolute Gasteiger partial charge is 0.261 e. The fourth-order valence-corrected chi connectivity index (χ4v) is 4.02. The minimum absolute atomic E-state index is 0.0811. The number of piperazine rings is 1. The molecule has 1 aliphatic carbocycles. The quantitative estimate of drug-likeness (QED) is 0.666. The summed E-state index contributed by atoms with van der Waals surface area (Å²) in [5, 5.41) is 0.716. The van der Waals surface area contributed by atoms with Crippen LogP contribution in [0.4, 0.5) is 5.69 Å². The summed E-state index contributed by atoms with van der Waals surface area (Å²) in [6.45, 7) is 7.51. The highest BCUT2D eigenvalue weighted by Gasteiger charge is 2.23. The van der Waals surface area contributed by atoms with E-state index in [9.17, 15) is 4.79 Å². The molecule has 0 unspecified atom stereocenters. The molecule has 7 heteroatoms. The molecule has 0 atom stereocenters. The van der Waals surface area contributed by atoms with Gasteiger partial charge in [-0.1, -0.05) is 0 Å². The summed E-state index contributed by atoms with van der Waals surface area (Å²) in [5.74, 6) is 0.660. The number of hydrogen-bond acceptors (Lipinski definition) is 6. The zero-order valence-corrected chi connectivity index (χ0v) is 16.8. The highest BCUT2D eigenvalue weighted by atomic mass is 16.1. The van der Waals surface area contributed by atoms with Crippen molar-refractivity contribution in [1.29, 1.82) is 0 Å². The van der Waals surface area contributed by atoms with Crippen LogP contribution in [0.2, 0.25) is 0 Å². The molecule has 1 saturated heterocycles. The van der Waals surface area contributed by atoms with Crippen LogP contribution in [0.15, 0.2) is 41.7 Å². The number of aromatic nitrogens is 4. The Morgan fingerprint density at radius 3 is 2.59 bits per heavy atom. The van der Waals surface area contributed by atoms with E-state index >= 15 is 0 Å². The van der Waals surface area contributed by atoms with Crippen molar-refractivity contribution in [2.75, 3.05) is 31.1 Å². The van der Waals surface area contributed by atoms with E-state index in [1.807, 2.05) is 13.0 Å². The van der Waals surface area contributed by atoms with Gasteiger partial charge in [0.25, 0.3) is 5.56 Å². The first-order valence-electron chi connectivity index (χ1n) is 10.4. The number of rotatable bonds is 5. The Bertz CT molecular complexity index is 1080. The van der Waals surface area contributed by atoms with Crippen molar-refractivity contribution < 1.29 is 0 Å². The number of fused-ring (bicyclic) bond motifs is 1. The second kappa shape index (κ2) is 7.55. The van der Waals surface area contributed by atoms with Crippen LogP contribution in [0.5, 0.6) is 0 Å². The Kier molecular flexibility index (Phi) is 4.75. The number of hydrogen-bond donors (Lipinski definition) is 0. The monoisotopic (exact) mass is 390 g/mol. The summed E-state index contributed by atoms with van der Waals surface area (Å²) in [6, 6.07) is 6.06. The van der Waals surface area contributed by atoms with Crippen LogP contribution < -0.4 is 10.5 Å². The van der Waals surface area contributed by atoms with E-state index in [-0.39, 0.29) is 5.56 Å². The second-order valence-corrected chi connectivity index (χ2v) is 8.20. The number of benzene rings is 1. The number of nitrogens with zero attached hydrogens (tertiary/aromatic N) is 6. The van der Waals surface area contributed by atoms with Gasteiger partial charge in [-0.25, -0.2) is 4.98 Å². The molecule has 0 spiro atoms. The van der Waals surface area contributed by atoms with Gasteiger partial charge in [-0.15, -0.1) is 0 Å². The fourth-order valence-electron chi connectivity index (χ4n) is 4.02. The van der Waals surface area contributed by atoms with Crippen LogP contribution in [-0.2, 0) is 13.1 Å². The minimum Gasteiger partial charge on any atom is -0.369 e. The van der Waals surface area contributed by atoms with Gasteiger partial charge in [-0.05, 0) is 43.9 Å². The molecule has 1 saturated carbocycles. The first-order chi connectivity index (χ1) is 14.2. The fraction of sp³-hybridized carbons (Fsp3) is 0.455. The third kappa shape index (κ3) is 3.87. The summed E-state index contributed by atoms with van der Waals surface area (Å²) in [4.78, 5) is 30.9. The van der Waals surface area contributed by atoms with E-state index in [1.165, 1.54) is 12.8 Å². The Morgan fingerprint density at radius 2 is 1.83 bits per heavy atom. The second-order valence-electron chi connectivity index (χ2n) is 8.20. The molecular weight excluding hydrogens is 364 g/mol. The van der Waals surface area contributed by atoms with Gasteiger partial charge in [0.05, 0.1) is 28.6 Å². The lowest BCUT2D eigenvalue weighted by Crippen LogP contribution is -2.46. The number of anilines is 1. The number of aryl methyl sites for hydroxylation is 1. The molecule has 2 fully saturated rings. The highest BCUT2D eigenvalue weighted by molar-refractivity contribution is 5.81. The van der Waals surface area contributed by atoms with Crippen molar-refractivity contribution in [3.8, 4) is 0 Å². The maximum atomic E-state index is 12.7. The first-order valence-corrected chi connectivity index (χ1v) is 10.4. The molecule has 2 aromatic heterocycles. The molecule has 2 aliphatic rings. The minimum atomic E-state index is 0.0811. The van der Waals surface area contributed by atoms with E-state index in [4.69, 9.17) is 0 Å². The van der Waals surface area contributed by atoms with Gasteiger partial charge in [0, 0.05) is 57.3 Å². The summed E-state index contributed by atoms with van der Waals surface area (Å²) in [6.07, 6.45) is 7.68. The lowest BCUT2D eigenvalue weighted by Gasteiger charge is -2.36. The van der Waals surface area contributed by atoms with Crippen LogP contribution in [0.25, 0.3) is 10.9 Å². The van der Waals surface area contributed by atoms with Crippen molar-refractivity contribution in [3.63, 3.8) is 0 Å². The molecule has 7 nitrogen and oxygen atoms in total. The largest absolute Gasteiger partial charge is 0.369 e. The van der Waals surface area contributed by atoms with Crippen LogP contribution >= 0.6 is 0 Å². The lowest BCUT2D eigenvalue weighted by atomic mass is 10.2. The van der Waals surface area contributed by atoms with Crippen LogP contribution in [0.1, 0.15) is 24.2 Å². The molecule has 0 radical (unpaired) electrons. The van der Waals surface area contributed by atoms with Crippen molar-refractivity contribution in [1.82, 2.24) is 24.4 Å². The normalized spacial score (nSPS) is 17.8. The molecule has 150 valence electrons. The van der Waals surface area contributed by atoms with Crippen LogP contribution in [0, 0.1) is 12.8 Å². The van der Waals surface area contributed by atoms with Gasteiger partial charge >= 0.3 is 0 Å². The average molecular weight is 390 g/mol. The predicted octanol–water partition coefficient (Wildman–Crippen LogP) is 2.23. The molecule has 1 aromatic carbocycles. The Balaban J connectivity index is 1.28. The summed E-state index contributed by atoms with van der Waals surface area (Å²) in [7, 11) is 0. The maximum Gasteiger partial charge on any atom is 0.261 e.